The third kappa shape index (κ3) is 4.10. The standard InChI is InChI=1S/C29H35N3O2/c33-27(30-19-20-6-2-1-3-7-20)25-15-24(8-9-26(25)32-10-4-5-11-32)31-28(34)29-16-21-12-22(17-29)14-23(13-21)18-29/h1-3,6-9,15,21-23H,4-5,10-14,16-19H2,(H,30,33)(H,31,34). The molecule has 5 heteroatoms. The van der Waals surface area contributed by atoms with Crippen molar-refractivity contribution in [2.75, 3.05) is 23.3 Å². The van der Waals surface area contributed by atoms with Gasteiger partial charge in [-0.1, -0.05) is 30.3 Å². The normalized spacial score (nSPS) is 29.3. The maximum absolute atomic E-state index is 13.6. The zero-order chi connectivity index (χ0) is 23.1. The molecule has 5 aliphatic rings. The van der Waals surface area contributed by atoms with Gasteiger partial charge >= 0.3 is 0 Å². The Kier molecular flexibility index (Phi) is 5.59. The summed E-state index contributed by atoms with van der Waals surface area (Å²) in [5, 5.41) is 6.34. The second-order valence-electron chi connectivity index (χ2n) is 11.2. The second kappa shape index (κ2) is 8.75. The van der Waals surface area contributed by atoms with Gasteiger partial charge in [-0.25, -0.2) is 0 Å². The molecule has 1 aliphatic heterocycles. The van der Waals surface area contributed by atoms with Crippen LogP contribution >= 0.6 is 0 Å². The Morgan fingerprint density at radius 1 is 0.882 bits per heavy atom. The number of rotatable bonds is 6. The number of hydrogen-bond donors (Lipinski definition) is 2. The molecule has 0 spiro atoms. The highest BCUT2D eigenvalue weighted by molar-refractivity contribution is 6.03. The van der Waals surface area contributed by atoms with E-state index in [4.69, 9.17) is 0 Å². The second-order valence-corrected chi connectivity index (χ2v) is 11.2. The Labute approximate surface area is 202 Å². The SMILES string of the molecule is O=C(NCc1ccccc1)c1cc(NC(=O)C23CC4CC(CC(C4)C2)C3)ccc1N1CCCC1. The highest BCUT2D eigenvalue weighted by atomic mass is 16.2. The summed E-state index contributed by atoms with van der Waals surface area (Å²) < 4.78 is 0. The Hall–Kier alpha value is -2.82. The molecule has 2 N–H and O–H groups in total. The number of benzene rings is 2. The summed E-state index contributed by atoms with van der Waals surface area (Å²) in [5.41, 5.74) is 3.24. The molecule has 34 heavy (non-hydrogen) atoms. The predicted octanol–water partition coefficient (Wildman–Crippen LogP) is 5.37. The van der Waals surface area contributed by atoms with Gasteiger partial charge in [0.05, 0.1) is 11.0 Å². The van der Waals surface area contributed by atoms with Crippen LogP contribution in [0.3, 0.4) is 0 Å². The van der Waals surface area contributed by atoms with Crippen molar-refractivity contribution in [2.24, 2.45) is 23.2 Å². The molecule has 0 aromatic heterocycles. The van der Waals surface area contributed by atoms with E-state index < -0.39 is 0 Å². The van der Waals surface area contributed by atoms with Crippen LogP contribution in [0, 0.1) is 23.2 Å². The van der Waals surface area contributed by atoms with Crippen LogP contribution in [-0.4, -0.2) is 24.9 Å². The molecule has 4 bridgehead atoms. The van der Waals surface area contributed by atoms with E-state index in [0.717, 1.165) is 79.9 Å². The Bertz CT molecular complexity index is 1040. The largest absolute Gasteiger partial charge is 0.371 e. The van der Waals surface area contributed by atoms with Crippen molar-refractivity contribution < 1.29 is 9.59 Å². The van der Waals surface area contributed by atoms with Crippen molar-refractivity contribution in [2.45, 2.75) is 57.9 Å². The molecule has 2 amide bonds. The minimum atomic E-state index is -0.196. The molecule has 1 heterocycles. The van der Waals surface area contributed by atoms with Gasteiger partial charge in [-0.05, 0) is 92.9 Å². The van der Waals surface area contributed by atoms with Crippen molar-refractivity contribution >= 4 is 23.2 Å². The lowest BCUT2D eigenvalue weighted by atomic mass is 9.49. The van der Waals surface area contributed by atoms with E-state index in [1.165, 1.54) is 19.3 Å². The average molecular weight is 458 g/mol. The molecule has 4 saturated carbocycles. The molecule has 178 valence electrons. The van der Waals surface area contributed by atoms with Gasteiger partial charge in [0.1, 0.15) is 0 Å². The molecule has 7 rings (SSSR count). The Balaban J connectivity index is 1.23. The highest BCUT2D eigenvalue weighted by Gasteiger charge is 2.54. The van der Waals surface area contributed by atoms with Gasteiger partial charge in [0.25, 0.3) is 5.91 Å². The molecular weight excluding hydrogens is 422 g/mol. The monoisotopic (exact) mass is 457 g/mol. The highest BCUT2D eigenvalue weighted by Crippen LogP contribution is 2.60. The van der Waals surface area contributed by atoms with Gasteiger partial charge < -0.3 is 15.5 Å². The third-order valence-electron chi connectivity index (χ3n) is 8.76. The van der Waals surface area contributed by atoms with E-state index in [2.05, 4.69) is 15.5 Å². The minimum absolute atomic E-state index is 0.0864. The van der Waals surface area contributed by atoms with E-state index in [1.54, 1.807) is 0 Å². The third-order valence-corrected chi connectivity index (χ3v) is 8.76. The molecule has 5 fully saturated rings. The van der Waals surface area contributed by atoms with Gasteiger partial charge in [-0.2, -0.15) is 0 Å². The number of carbonyl (C=O) groups is 2. The van der Waals surface area contributed by atoms with Crippen molar-refractivity contribution in [3.05, 3.63) is 59.7 Å². The lowest BCUT2D eigenvalue weighted by Crippen LogP contribution is -2.51. The summed E-state index contributed by atoms with van der Waals surface area (Å²) >= 11 is 0. The lowest BCUT2D eigenvalue weighted by Gasteiger charge is -2.55. The van der Waals surface area contributed by atoms with Gasteiger partial charge in [0, 0.05) is 31.0 Å². The van der Waals surface area contributed by atoms with Crippen LogP contribution in [0.5, 0.6) is 0 Å². The fourth-order valence-corrected chi connectivity index (χ4v) is 7.56. The molecule has 2 aromatic rings. The van der Waals surface area contributed by atoms with E-state index in [9.17, 15) is 9.59 Å². The summed E-state index contributed by atoms with van der Waals surface area (Å²) in [6, 6.07) is 15.9. The summed E-state index contributed by atoms with van der Waals surface area (Å²) in [4.78, 5) is 29.2. The number of nitrogens with one attached hydrogen (secondary N) is 2. The van der Waals surface area contributed by atoms with Crippen LogP contribution in [-0.2, 0) is 11.3 Å². The lowest BCUT2D eigenvalue weighted by molar-refractivity contribution is -0.140. The quantitative estimate of drug-likeness (QED) is 0.613. The molecule has 0 radical (unpaired) electrons. The maximum atomic E-state index is 13.6. The van der Waals surface area contributed by atoms with E-state index >= 15 is 0 Å². The summed E-state index contributed by atoms with van der Waals surface area (Å²) in [6.07, 6.45) is 9.39. The van der Waals surface area contributed by atoms with Crippen molar-refractivity contribution in [3.63, 3.8) is 0 Å². The predicted molar refractivity (Wildman–Crippen MR) is 135 cm³/mol. The van der Waals surface area contributed by atoms with Gasteiger partial charge in [0.2, 0.25) is 5.91 Å². The van der Waals surface area contributed by atoms with E-state index in [1.807, 2.05) is 48.5 Å². The van der Waals surface area contributed by atoms with Crippen molar-refractivity contribution in [1.82, 2.24) is 5.32 Å². The van der Waals surface area contributed by atoms with Gasteiger partial charge in [-0.3, -0.25) is 9.59 Å². The average Bonchev–Trinajstić information content (AvgIpc) is 3.37. The molecule has 0 unspecified atom stereocenters. The van der Waals surface area contributed by atoms with E-state index in [-0.39, 0.29) is 17.2 Å². The van der Waals surface area contributed by atoms with Crippen LogP contribution in [0.15, 0.2) is 48.5 Å². The topological polar surface area (TPSA) is 61.4 Å². The number of hydrogen-bond acceptors (Lipinski definition) is 3. The van der Waals surface area contributed by atoms with Crippen LogP contribution in [0.2, 0.25) is 0 Å². The Morgan fingerprint density at radius 3 is 2.18 bits per heavy atom. The fourth-order valence-electron chi connectivity index (χ4n) is 7.56. The van der Waals surface area contributed by atoms with Crippen LogP contribution < -0.4 is 15.5 Å². The van der Waals surface area contributed by atoms with Gasteiger partial charge in [0.15, 0.2) is 0 Å². The van der Waals surface area contributed by atoms with Crippen LogP contribution in [0.25, 0.3) is 0 Å². The summed E-state index contributed by atoms with van der Waals surface area (Å²) in [5.74, 6) is 2.28. The molecule has 2 aromatic carbocycles. The molecule has 1 saturated heterocycles. The zero-order valence-corrected chi connectivity index (χ0v) is 19.9. The maximum Gasteiger partial charge on any atom is 0.253 e. The summed E-state index contributed by atoms with van der Waals surface area (Å²) in [7, 11) is 0. The number of nitrogens with zero attached hydrogens (tertiary/aromatic N) is 1. The van der Waals surface area contributed by atoms with Crippen molar-refractivity contribution in [1.29, 1.82) is 0 Å². The number of carbonyl (C=O) groups excluding carboxylic acids is 2. The first-order chi connectivity index (χ1) is 16.6. The first-order valence-electron chi connectivity index (χ1n) is 13.1. The molecular formula is C29H35N3O2. The first kappa shape index (κ1) is 21.7. The van der Waals surface area contributed by atoms with Gasteiger partial charge in [-0.15, -0.1) is 0 Å². The van der Waals surface area contributed by atoms with Crippen molar-refractivity contribution in [3.8, 4) is 0 Å². The fraction of sp³-hybridized carbons (Fsp3) is 0.517. The van der Waals surface area contributed by atoms with Crippen LogP contribution in [0.1, 0.15) is 67.3 Å². The molecule has 5 nitrogen and oxygen atoms in total. The molecule has 0 atom stereocenters. The van der Waals surface area contributed by atoms with E-state index in [0.29, 0.717) is 12.1 Å². The molecule has 4 aliphatic carbocycles. The van der Waals surface area contributed by atoms with Crippen LogP contribution in [0.4, 0.5) is 11.4 Å². The minimum Gasteiger partial charge on any atom is -0.371 e. The summed E-state index contributed by atoms with van der Waals surface area (Å²) in [6.45, 7) is 2.43. The smallest absolute Gasteiger partial charge is 0.253 e. The first-order valence-corrected chi connectivity index (χ1v) is 13.1. The zero-order valence-electron chi connectivity index (χ0n) is 19.9. The number of amides is 2. The number of anilines is 2. The Morgan fingerprint density at radius 2 is 1.53 bits per heavy atom.